The van der Waals surface area contributed by atoms with Crippen molar-refractivity contribution in [1.82, 2.24) is 5.16 Å². The lowest BCUT2D eigenvalue weighted by Crippen LogP contribution is -2.12. The van der Waals surface area contributed by atoms with Crippen LogP contribution < -0.4 is 15.5 Å². The van der Waals surface area contributed by atoms with Crippen LogP contribution in [0.1, 0.15) is 10.4 Å². The van der Waals surface area contributed by atoms with Crippen LogP contribution in [0.2, 0.25) is 0 Å². The summed E-state index contributed by atoms with van der Waals surface area (Å²) >= 11 is 0. The van der Waals surface area contributed by atoms with E-state index in [-0.39, 0.29) is 17.4 Å². The molecule has 0 bridgehead atoms. The zero-order chi connectivity index (χ0) is 19.2. The lowest BCUT2D eigenvalue weighted by Gasteiger charge is -2.04. The molecular weight excluding hydrogens is 348 g/mol. The number of hydrogen-bond donors (Lipinski definition) is 2. The molecule has 0 spiro atoms. The zero-order valence-electron chi connectivity index (χ0n) is 14.1. The van der Waals surface area contributed by atoms with Crippen molar-refractivity contribution in [2.75, 3.05) is 17.9 Å². The molecule has 9 heteroatoms. The number of carbonyl (C=O) groups excluding carboxylic acids is 1. The summed E-state index contributed by atoms with van der Waals surface area (Å²) in [6, 6.07) is 14.8. The van der Waals surface area contributed by atoms with Crippen molar-refractivity contribution >= 4 is 34.1 Å². The number of amides is 1. The Morgan fingerprint density at radius 1 is 1.19 bits per heavy atom. The molecule has 1 heterocycles. The van der Waals surface area contributed by atoms with Crippen LogP contribution in [0.5, 0.6) is 5.75 Å². The van der Waals surface area contributed by atoms with E-state index in [0.717, 1.165) is 0 Å². The molecule has 3 aromatic rings. The van der Waals surface area contributed by atoms with Gasteiger partial charge in [0.05, 0.1) is 18.2 Å². The van der Waals surface area contributed by atoms with Crippen LogP contribution in [-0.4, -0.2) is 23.9 Å². The van der Waals surface area contributed by atoms with Crippen molar-refractivity contribution < 1.29 is 14.1 Å². The van der Waals surface area contributed by atoms with E-state index in [1.807, 2.05) is 0 Å². The number of nitrogens with zero attached hydrogens (tertiary/aromatic N) is 4. The second-order valence-electron chi connectivity index (χ2n) is 5.22. The third-order valence-corrected chi connectivity index (χ3v) is 3.56. The Morgan fingerprint density at radius 2 is 1.93 bits per heavy atom. The highest BCUT2D eigenvalue weighted by Crippen LogP contribution is 2.26. The van der Waals surface area contributed by atoms with Gasteiger partial charge in [-0.2, -0.15) is 15.6 Å². The Kier molecular flexibility index (Phi) is 4.96. The number of methoxy groups -OCH3 is 1. The fraction of sp³-hybridized carbons (Fsp3) is 0.0556. The van der Waals surface area contributed by atoms with Crippen molar-refractivity contribution in [3.05, 3.63) is 48.0 Å². The molecule has 132 valence electrons. The maximum absolute atomic E-state index is 12.4. The average molecular weight is 360 g/mol. The first-order valence-corrected chi connectivity index (χ1v) is 7.63. The molecule has 0 aliphatic heterocycles. The lowest BCUT2D eigenvalue weighted by molar-refractivity contribution is 0.102. The molecule has 0 aliphatic rings. The van der Waals surface area contributed by atoms with Gasteiger partial charge >= 0.3 is 0 Å². The molecule has 0 atom stereocenters. The van der Waals surface area contributed by atoms with Crippen LogP contribution in [0.25, 0.3) is 11.0 Å². The van der Waals surface area contributed by atoms with Crippen molar-refractivity contribution in [1.29, 1.82) is 10.5 Å². The number of fused-ring (bicyclic) bond motifs is 1. The van der Waals surface area contributed by atoms with Crippen molar-refractivity contribution in [3.63, 3.8) is 0 Å². The molecule has 2 N–H and O–H groups in total. The molecular formula is C18H12N6O3. The number of hydrazone groups is 1. The number of benzene rings is 2. The van der Waals surface area contributed by atoms with Gasteiger partial charge in [0.25, 0.3) is 5.91 Å². The third-order valence-electron chi connectivity index (χ3n) is 3.56. The fourth-order valence-electron chi connectivity index (χ4n) is 2.22. The largest absolute Gasteiger partial charge is 0.497 e. The first-order valence-electron chi connectivity index (χ1n) is 7.63. The standard InChI is InChI=1S/C18H12N6O3/c1-26-14-5-2-11(3-6-14)18(25)21-17-15-8-12(4-7-16(15)27-24-17)22-23-13(9-19)10-20/h2-8,22H,1H3,(H,21,24,25). The molecule has 0 saturated heterocycles. The van der Waals surface area contributed by atoms with Gasteiger partial charge in [0, 0.05) is 5.56 Å². The van der Waals surface area contributed by atoms with Crippen LogP contribution in [0, 0.1) is 22.7 Å². The van der Waals surface area contributed by atoms with Crippen molar-refractivity contribution in [2.45, 2.75) is 0 Å². The highest BCUT2D eigenvalue weighted by molar-refractivity contribution is 6.10. The van der Waals surface area contributed by atoms with E-state index < -0.39 is 0 Å². The number of carbonyl (C=O) groups is 1. The third kappa shape index (κ3) is 3.83. The van der Waals surface area contributed by atoms with Gasteiger partial charge in [-0.25, -0.2) is 0 Å². The summed E-state index contributed by atoms with van der Waals surface area (Å²) in [5.74, 6) is 0.517. The maximum Gasteiger partial charge on any atom is 0.256 e. The molecule has 3 rings (SSSR count). The predicted molar refractivity (Wildman–Crippen MR) is 97.2 cm³/mol. The van der Waals surface area contributed by atoms with Crippen molar-refractivity contribution in [2.24, 2.45) is 5.10 Å². The molecule has 0 fully saturated rings. The molecule has 1 amide bonds. The van der Waals surface area contributed by atoms with E-state index in [2.05, 4.69) is 21.0 Å². The highest BCUT2D eigenvalue weighted by atomic mass is 16.5. The second kappa shape index (κ2) is 7.68. The van der Waals surface area contributed by atoms with Gasteiger partial charge in [0.15, 0.2) is 11.4 Å². The van der Waals surface area contributed by atoms with Crippen LogP contribution in [0.15, 0.2) is 52.1 Å². The molecule has 0 saturated carbocycles. The Morgan fingerprint density at radius 3 is 2.59 bits per heavy atom. The van der Waals surface area contributed by atoms with Crippen LogP contribution in [0.4, 0.5) is 11.5 Å². The molecule has 9 nitrogen and oxygen atoms in total. The monoisotopic (exact) mass is 360 g/mol. The predicted octanol–water partition coefficient (Wildman–Crippen LogP) is 2.90. The molecule has 1 aromatic heterocycles. The molecule has 0 aliphatic carbocycles. The van der Waals surface area contributed by atoms with Gasteiger partial charge in [-0.3, -0.25) is 10.2 Å². The van der Waals surface area contributed by atoms with Gasteiger partial charge in [0.2, 0.25) is 5.71 Å². The number of ether oxygens (including phenoxy) is 1. The highest BCUT2D eigenvalue weighted by Gasteiger charge is 2.13. The lowest BCUT2D eigenvalue weighted by atomic mass is 10.2. The fourth-order valence-corrected chi connectivity index (χ4v) is 2.22. The minimum atomic E-state index is -0.361. The molecule has 0 unspecified atom stereocenters. The second-order valence-corrected chi connectivity index (χ2v) is 5.22. The Balaban J connectivity index is 1.83. The molecule has 0 radical (unpaired) electrons. The summed E-state index contributed by atoms with van der Waals surface area (Å²) in [7, 11) is 1.54. The summed E-state index contributed by atoms with van der Waals surface area (Å²) < 4.78 is 10.3. The quantitative estimate of drug-likeness (QED) is 0.527. The van der Waals surface area contributed by atoms with Gasteiger partial charge in [-0.1, -0.05) is 5.16 Å². The summed E-state index contributed by atoms with van der Waals surface area (Å²) in [6.07, 6.45) is 0. The van der Waals surface area contributed by atoms with Crippen LogP contribution >= 0.6 is 0 Å². The van der Waals surface area contributed by atoms with Gasteiger partial charge < -0.3 is 14.6 Å². The number of rotatable bonds is 5. The Hall–Kier alpha value is -4.37. The number of nitrogens with one attached hydrogen (secondary N) is 2. The average Bonchev–Trinajstić information content (AvgIpc) is 3.11. The topological polar surface area (TPSA) is 136 Å². The first-order chi connectivity index (χ1) is 13.1. The zero-order valence-corrected chi connectivity index (χ0v) is 14.1. The van der Waals surface area contributed by atoms with E-state index in [4.69, 9.17) is 19.8 Å². The maximum atomic E-state index is 12.4. The Bertz CT molecular complexity index is 1090. The summed E-state index contributed by atoms with van der Waals surface area (Å²) in [5.41, 5.74) is 3.67. The van der Waals surface area contributed by atoms with E-state index in [1.54, 1.807) is 61.7 Å². The number of aromatic nitrogens is 1. The summed E-state index contributed by atoms with van der Waals surface area (Å²) in [6.45, 7) is 0. The van der Waals surface area contributed by atoms with Crippen molar-refractivity contribution in [3.8, 4) is 17.9 Å². The van der Waals surface area contributed by atoms with Gasteiger partial charge in [0.1, 0.15) is 17.9 Å². The van der Waals surface area contributed by atoms with Gasteiger partial charge in [-0.05, 0) is 42.5 Å². The SMILES string of the molecule is COc1ccc(C(=O)Nc2noc3ccc(NN=C(C#N)C#N)cc23)cc1. The van der Waals surface area contributed by atoms with E-state index >= 15 is 0 Å². The molecule has 27 heavy (non-hydrogen) atoms. The minimum Gasteiger partial charge on any atom is -0.497 e. The van der Waals surface area contributed by atoms with E-state index in [0.29, 0.717) is 28.0 Å². The summed E-state index contributed by atoms with van der Waals surface area (Å²) in [5, 5.41) is 28.2. The minimum absolute atomic E-state index is 0.235. The van der Waals surface area contributed by atoms with E-state index in [1.165, 1.54) is 0 Å². The van der Waals surface area contributed by atoms with E-state index in [9.17, 15) is 4.79 Å². The molecule has 2 aromatic carbocycles. The Labute approximate surface area is 153 Å². The van der Waals surface area contributed by atoms with Crippen LogP contribution in [-0.2, 0) is 0 Å². The van der Waals surface area contributed by atoms with Crippen LogP contribution in [0.3, 0.4) is 0 Å². The number of anilines is 2. The first kappa shape index (κ1) is 17.5. The normalized spacial score (nSPS) is 9.74. The number of hydrogen-bond acceptors (Lipinski definition) is 8. The smallest absolute Gasteiger partial charge is 0.256 e. The van der Waals surface area contributed by atoms with Gasteiger partial charge in [-0.15, -0.1) is 0 Å². The number of nitriles is 2. The summed E-state index contributed by atoms with van der Waals surface area (Å²) in [4.78, 5) is 12.4.